The van der Waals surface area contributed by atoms with Crippen LogP contribution in [0.4, 0.5) is 0 Å². The quantitative estimate of drug-likeness (QED) is 0.352. The molecule has 3 aliphatic heterocycles. The summed E-state index contributed by atoms with van der Waals surface area (Å²) in [7, 11) is 0. The van der Waals surface area contributed by atoms with Crippen LogP contribution in [0.1, 0.15) is 39.5 Å². The normalized spacial score (nSPS) is 32.7. The summed E-state index contributed by atoms with van der Waals surface area (Å²) in [5.74, 6) is -1.64. The number of nitrogens with zero attached hydrogens (tertiary/aromatic N) is 2. The van der Waals surface area contributed by atoms with Crippen molar-refractivity contribution in [3.63, 3.8) is 0 Å². The first-order chi connectivity index (χ1) is 15.4. The molecule has 3 fully saturated rings. The lowest BCUT2D eigenvalue weighted by Crippen LogP contribution is -2.57. The number of carbonyl (C=O) groups is 3. The summed E-state index contributed by atoms with van der Waals surface area (Å²) in [6, 6.07) is -0.648. The summed E-state index contributed by atoms with van der Waals surface area (Å²) in [6.07, 6.45) is 6.23. The molecule has 0 aromatic carbocycles. The largest absolute Gasteiger partial charge is 0.461 e. The number of fused-ring (bicyclic) bond motifs is 1. The van der Waals surface area contributed by atoms with Crippen LogP contribution in [-0.2, 0) is 19.1 Å². The Labute approximate surface area is 195 Å². The van der Waals surface area contributed by atoms with E-state index in [-0.39, 0.29) is 42.2 Å². The second-order valence-electron chi connectivity index (χ2n) is 9.01. The standard InChI is InChI=1S/C24H36N2O5S/c1-5-8-11-25(10-6-2)22(29)20-24-16(4)15-17(32-24)18(23(30)31-14-7-3)19(24)21(28)26(20)12-9-13-27/h6-7,16-20,27H,2-3,5,8-15H2,1,4H3/t16?,17-,18+,19+,20?,24?/m1/s1. The zero-order chi connectivity index (χ0) is 23.5. The molecule has 0 radical (unpaired) electrons. The second kappa shape index (κ2) is 10.4. The van der Waals surface area contributed by atoms with Gasteiger partial charge in [-0.05, 0) is 25.2 Å². The highest BCUT2D eigenvalue weighted by Gasteiger charge is 2.76. The molecule has 2 bridgehead atoms. The summed E-state index contributed by atoms with van der Waals surface area (Å²) >= 11 is 1.64. The number of ether oxygens (including phenoxy) is 1. The Hall–Kier alpha value is -1.80. The number of aliphatic hydroxyl groups excluding tert-OH is 1. The first-order valence-corrected chi connectivity index (χ1v) is 12.5. The number of likely N-dealkylation sites (tertiary alicyclic amines) is 1. The number of hydrogen-bond donors (Lipinski definition) is 1. The Morgan fingerprint density at radius 1 is 1.34 bits per heavy atom. The van der Waals surface area contributed by atoms with Gasteiger partial charge in [0.1, 0.15) is 12.6 Å². The fourth-order valence-electron chi connectivity index (χ4n) is 5.76. The molecule has 0 aliphatic carbocycles. The molecule has 1 spiro atoms. The molecule has 0 saturated carbocycles. The summed E-state index contributed by atoms with van der Waals surface area (Å²) in [5, 5.41) is 9.40. The van der Waals surface area contributed by atoms with Gasteiger partial charge < -0.3 is 19.6 Å². The van der Waals surface area contributed by atoms with E-state index >= 15 is 0 Å². The van der Waals surface area contributed by atoms with Gasteiger partial charge in [-0.1, -0.05) is 39.0 Å². The molecule has 3 rings (SSSR count). The summed E-state index contributed by atoms with van der Waals surface area (Å²) in [6.45, 7) is 13.0. The highest BCUT2D eigenvalue weighted by Crippen LogP contribution is 2.68. The van der Waals surface area contributed by atoms with Gasteiger partial charge >= 0.3 is 5.97 Å². The third-order valence-corrected chi connectivity index (χ3v) is 9.17. The van der Waals surface area contributed by atoms with Crippen molar-refractivity contribution >= 4 is 29.5 Å². The molecule has 0 aromatic rings. The van der Waals surface area contributed by atoms with Gasteiger partial charge in [-0.2, -0.15) is 0 Å². The van der Waals surface area contributed by atoms with Crippen LogP contribution >= 0.6 is 11.8 Å². The number of hydrogen-bond acceptors (Lipinski definition) is 6. The molecular formula is C24H36N2O5S. The van der Waals surface area contributed by atoms with Crippen molar-refractivity contribution in [1.29, 1.82) is 0 Å². The number of esters is 1. The van der Waals surface area contributed by atoms with Crippen molar-refractivity contribution in [1.82, 2.24) is 9.80 Å². The van der Waals surface area contributed by atoms with Crippen LogP contribution < -0.4 is 0 Å². The van der Waals surface area contributed by atoms with Gasteiger partial charge in [-0.15, -0.1) is 18.3 Å². The van der Waals surface area contributed by atoms with Gasteiger partial charge in [0.2, 0.25) is 11.8 Å². The van der Waals surface area contributed by atoms with Gasteiger partial charge in [0.05, 0.1) is 16.6 Å². The molecule has 2 amide bonds. The molecule has 178 valence electrons. The van der Waals surface area contributed by atoms with E-state index in [9.17, 15) is 19.5 Å². The first kappa shape index (κ1) is 24.8. The van der Waals surface area contributed by atoms with Crippen molar-refractivity contribution in [2.45, 2.75) is 55.6 Å². The van der Waals surface area contributed by atoms with Crippen LogP contribution in [0.5, 0.6) is 0 Å². The Morgan fingerprint density at radius 2 is 2.09 bits per heavy atom. The highest BCUT2D eigenvalue weighted by atomic mass is 32.2. The molecule has 7 nitrogen and oxygen atoms in total. The minimum absolute atomic E-state index is 0.0324. The van der Waals surface area contributed by atoms with Gasteiger partial charge in [-0.3, -0.25) is 14.4 Å². The van der Waals surface area contributed by atoms with Crippen LogP contribution in [0, 0.1) is 17.8 Å². The van der Waals surface area contributed by atoms with Crippen LogP contribution in [0.2, 0.25) is 0 Å². The van der Waals surface area contributed by atoms with Crippen molar-refractivity contribution in [2.75, 3.05) is 32.8 Å². The number of carbonyl (C=O) groups excluding carboxylic acids is 3. The van der Waals surface area contributed by atoms with Crippen LogP contribution in [-0.4, -0.2) is 81.6 Å². The first-order valence-electron chi connectivity index (χ1n) is 11.6. The SMILES string of the molecule is C=CCOC(=O)[C@@H]1[C@H]2C(=O)N(CCCO)C(C(=O)N(CC=C)CCCC)C23S[C@@H]1CC3C. The fraction of sp³-hybridized carbons (Fsp3) is 0.708. The maximum atomic E-state index is 14.0. The molecule has 0 aromatic heterocycles. The average Bonchev–Trinajstić information content (AvgIpc) is 3.36. The van der Waals surface area contributed by atoms with E-state index < -0.39 is 22.6 Å². The number of aliphatic hydroxyl groups is 1. The zero-order valence-corrected chi connectivity index (χ0v) is 20.0. The topological polar surface area (TPSA) is 87.1 Å². The predicted molar refractivity (Wildman–Crippen MR) is 125 cm³/mol. The van der Waals surface area contributed by atoms with Crippen molar-refractivity contribution in [2.24, 2.45) is 17.8 Å². The van der Waals surface area contributed by atoms with Gasteiger partial charge in [0, 0.05) is 31.5 Å². The highest BCUT2D eigenvalue weighted by molar-refractivity contribution is 8.02. The van der Waals surface area contributed by atoms with E-state index in [2.05, 4.69) is 27.0 Å². The maximum Gasteiger partial charge on any atom is 0.311 e. The van der Waals surface area contributed by atoms with Crippen LogP contribution in [0.3, 0.4) is 0 Å². The van der Waals surface area contributed by atoms with E-state index in [4.69, 9.17) is 4.74 Å². The minimum Gasteiger partial charge on any atom is -0.461 e. The summed E-state index contributed by atoms with van der Waals surface area (Å²) in [5.41, 5.74) is 0. The molecular weight excluding hydrogens is 428 g/mol. The summed E-state index contributed by atoms with van der Waals surface area (Å²) < 4.78 is 4.72. The molecule has 3 heterocycles. The van der Waals surface area contributed by atoms with Gasteiger partial charge in [0.15, 0.2) is 0 Å². The van der Waals surface area contributed by atoms with Crippen molar-refractivity contribution < 1.29 is 24.2 Å². The molecule has 1 N–H and O–H groups in total. The van der Waals surface area contributed by atoms with E-state index in [0.717, 1.165) is 19.3 Å². The average molecular weight is 465 g/mol. The maximum absolute atomic E-state index is 14.0. The van der Waals surface area contributed by atoms with Gasteiger partial charge in [-0.25, -0.2) is 0 Å². The van der Waals surface area contributed by atoms with Gasteiger partial charge in [0.25, 0.3) is 0 Å². The van der Waals surface area contributed by atoms with E-state index in [1.807, 2.05) is 0 Å². The second-order valence-corrected chi connectivity index (χ2v) is 10.6. The van der Waals surface area contributed by atoms with Crippen LogP contribution in [0.25, 0.3) is 0 Å². The number of unbranched alkanes of at least 4 members (excludes halogenated alkanes) is 1. The van der Waals surface area contributed by atoms with Crippen molar-refractivity contribution in [3.8, 4) is 0 Å². The minimum atomic E-state index is -0.655. The van der Waals surface area contributed by atoms with E-state index in [1.165, 1.54) is 6.08 Å². The Bertz CT molecular complexity index is 759. The lowest BCUT2D eigenvalue weighted by atomic mass is 9.66. The smallest absolute Gasteiger partial charge is 0.311 e. The molecule has 3 unspecified atom stereocenters. The molecule has 6 atom stereocenters. The van der Waals surface area contributed by atoms with Crippen LogP contribution in [0.15, 0.2) is 25.3 Å². The Kier molecular flexibility index (Phi) is 8.09. The third kappa shape index (κ3) is 4.00. The molecule has 32 heavy (non-hydrogen) atoms. The third-order valence-electron chi connectivity index (χ3n) is 7.09. The molecule has 8 heteroatoms. The fourth-order valence-corrected chi connectivity index (χ4v) is 8.16. The lowest BCUT2D eigenvalue weighted by molar-refractivity contribution is -0.153. The monoisotopic (exact) mass is 464 g/mol. The van der Waals surface area contributed by atoms with Crippen molar-refractivity contribution in [3.05, 3.63) is 25.3 Å². The molecule has 3 aliphatic rings. The number of amides is 2. The zero-order valence-electron chi connectivity index (χ0n) is 19.2. The summed E-state index contributed by atoms with van der Waals surface area (Å²) in [4.78, 5) is 44.1. The lowest BCUT2D eigenvalue weighted by Gasteiger charge is -2.40. The Balaban J connectivity index is 2.01. The predicted octanol–water partition coefficient (Wildman–Crippen LogP) is 2.25. The Morgan fingerprint density at radius 3 is 2.72 bits per heavy atom. The number of thioether (sulfide) groups is 1. The molecule has 3 saturated heterocycles. The van der Waals surface area contributed by atoms with E-state index in [0.29, 0.717) is 26.1 Å². The number of rotatable bonds is 12. The van der Waals surface area contributed by atoms with E-state index in [1.54, 1.807) is 27.6 Å².